The van der Waals surface area contributed by atoms with E-state index < -0.39 is 12.2 Å². The molecular formula is C31H52O6. The molecule has 0 saturated heterocycles. The Morgan fingerprint density at radius 3 is 1.97 bits per heavy atom. The maximum atomic E-state index is 11.8. The maximum Gasteiger partial charge on any atom is 0.305 e. The van der Waals surface area contributed by atoms with Gasteiger partial charge < -0.3 is 19.7 Å². The SMILES string of the molecule is CCCCC/C=C\C[C@@H](O)/C=C/C=C\C/C=C\CCCC(=O)OC[C@@H](O)COC(=O)CCCCCCC. The zero-order valence-corrected chi connectivity index (χ0v) is 23.3. The van der Waals surface area contributed by atoms with Crippen molar-refractivity contribution in [3.05, 3.63) is 48.6 Å². The lowest BCUT2D eigenvalue weighted by Gasteiger charge is -2.12. The van der Waals surface area contributed by atoms with E-state index in [4.69, 9.17) is 9.47 Å². The van der Waals surface area contributed by atoms with Crippen molar-refractivity contribution < 1.29 is 29.3 Å². The first kappa shape index (κ1) is 34.8. The third kappa shape index (κ3) is 26.7. The van der Waals surface area contributed by atoms with Gasteiger partial charge in [0.25, 0.3) is 0 Å². The predicted molar refractivity (Wildman–Crippen MR) is 151 cm³/mol. The van der Waals surface area contributed by atoms with Crippen molar-refractivity contribution in [3.63, 3.8) is 0 Å². The van der Waals surface area contributed by atoms with E-state index in [2.05, 4.69) is 19.9 Å². The number of hydrogen-bond donors (Lipinski definition) is 2. The standard InChI is InChI=1S/C31H52O6/c1-3-5-7-9-15-18-22-28(32)23-19-16-12-10-11-13-17-21-25-31(35)37-27-29(33)26-36-30(34)24-20-14-8-6-4-2/h11-13,15-16,18-19,23,28-29,32-33H,3-10,14,17,20-22,24-27H2,1-2H3/b13-11-,16-12-,18-15-,23-19+/t28-,29+/m1/s1. The molecule has 0 aliphatic carbocycles. The second-order valence-electron chi connectivity index (χ2n) is 9.37. The Morgan fingerprint density at radius 2 is 1.27 bits per heavy atom. The monoisotopic (exact) mass is 520 g/mol. The number of aliphatic hydroxyl groups is 2. The van der Waals surface area contributed by atoms with Crippen LogP contribution in [0.2, 0.25) is 0 Å². The first-order chi connectivity index (χ1) is 18.0. The van der Waals surface area contributed by atoms with Crippen LogP contribution >= 0.6 is 0 Å². The van der Waals surface area contributed by atoms with Crippen LogP contribution in [0.25, 0.3) is 0 Å². The highest BCUT2D eigenvalue weighted by atomic mass is 16.6. The van der Waals surface area contributed by atoms with Crippen molar-refractivity contribution in [2.24, 2.45) is 0 Å². The number of ether oxygens (including phenoxy) is 2. The van der Waals surface area contributed by atoms with Gasteiger partial charge in [-0.05, 0) is 44.9 Å². The molecule has 0 aromatic rings. The van der Waals surface area contributed by atoms with Gasteiger partial charge in [-0.1, -0.05) is 101 Å². The molecule has 0 bridgehead atoms. The van der Waals surface area contributed by atoms with Crippen LogP contribution in [0, 0.1) is 0 Å². The number of rotatable bonds is 24. The molecule has 37 heavy (non-hydrogen) atoms. The molecule has 2 atom stereocenters. The van der Waals surface area contributed by atoms with Gasteiger partial charge in [-0.15, -0.1) is 0 Å². The molecule has 0 rings (SSSR count). The fourth-order valence-electron chi connectivity index (χ4n) is 3.39. The molecule has 0 unspecified atom stereocenters. The second kappa shape index (κ2) is 26.9. The third-order valence-electron chi connectivity index (χ3n) is 5.65. The number of carbonyl (C=O) groups excluding carboxylic acids is 2. The minimum atomic E-state index is -0.998. The summed E-state index contributed by atoms with van der Waals surface area (Å²) in [5.74, 6) is -0.688. The largest absolute Gasteiger partial charge is 0.463 e. The van der Waals surface area contributed by atoms with Gasteiger partial charge >= 0.3 is 11.9 Å². The van der Waals surface area contributed by atoms with Crippen LogP contribution in [0.4, 0.5) is 0 Å². The molecule has 0 amide bonds. The lowest BCUT2D eigenvalue weighted by Crippen LogP contribution is -2.25. The highest BCUT2D eigenvalue weighted by Gasteiger charge is 2.11. The molecule has 0 fully saturated rings. The summed E-state index contributed by atoms with van der Waals surface area (Å²) < 4.78 is 10.1. The van der Waals surface area contributed by atoms with Gasteiger partial charge in [-0.3, -0.25) is 9.59 Å². The van der Waals surface area contributed by atoms with E-state index in [9.17, 15) is 19.8 Å². The van der Waals surface area contributed by atoms with E-state index in [-0.39, 0.29) is 31.6 Å². The Morgan fingerprint density at radius 1 is 0.676 bits per heavy atom. The van der Waals surface area contributed by atoms with Crippen molar-refractivity contribution >= 4 is 11.9 Å². The number of aliphatic hydroxyl groups excluding tert-OH is 2. The Balaban J connectivity index is 3.71. The lowest BCUT2D eigenvalue weighted by molar-refractivity contribution is -0.152. The number of esters is 2. The average Bonchev–Trinajstić information content (AvgIpc) is 2.89. The number of carbonyl (C=O) groups is 2. The van der Waals surface area contributed by atoms with Crippen molar-refractivity contribution in [2.45, 2.75) is 122 Å². The lowest BCUT2D eigenvalue weighted by atomic mass is 10.1. The number of hydrogen-bond acceptors (Lipinski definition) is 6. The third-order valence-corrected chi connectivity index (χ3v) is 5.65. The van der Waals surface area contributed by atoms with Crippen molar-refractivity contribution in [1.29, 1.82) is 0 Å². The second-order valence-corrected chi connectivity index (χ2v) is 9.37. The molecular weight excluding hydrogens is 468 g/mol. The maximum absolute atomic E-state index is 11.8. The Labute approximate surface area is 225 Å². The summed E-state index contributed by atoms with van der Waals surface area (Å²) in [6, 6.07) is 0. The molecule has 0 heterocycles. The fraction of sp³-hybridized carbons (Fsp3) is 0.677. The van der Waals surface area contributed by atoms with Crippen LogP contribution in [0.3, 0.4) is 0 Å². The average molecular weight is 521 g/mol. The first-order valence-electron chi connectivity index (χ1n) is 14.3. The summed E-state index contributed by atoms with van der Waals surface area (Å²) in [5, 5.41) is 19.7. The first-order valence-corrected chi connectivity index (χ1v) is 14.3. The predicted octanol–water partition coefficient (Wildman–Crippen LogP) is 6.91. The van der Waals surface area contributed by atoms with Gasteiger partial charge in [0.15, 0.2) is 0 Å². The van der Waals surface area contributed by atoms with Crippen LogP contribution in [-0.4, -0.2) is 47.6 Å². The van der Waals surface area contributed by atoms with Crippen LogP contribution in [0.1, 0.15) is 110 Å². The summed E-state index contributed by atoms with van der Waals surface area (Å²) in [6.07, 6.45) is 27.9. The molecule has 0 aromatic heterocycles. The van der Waals surface area contributed by atoms with E-state index in [1.54, 1.807) is 6.08 Å². The highest BCUT2D eigenvalue weighted by molar-refractivity contribution is 5.69. The molecule has 0 spiro atoms. The van der Waals surface area contributed by atoms with Gasteiger partial charge in [0.1, 0.15) is 19.3 Å². The summed E-state index contributed by atoms with van der Waals surface area (Å²) >= 11 is 0. The molecule has 0 aromatic carbocycles. The minimum absolute atomic E-state index is 0.151. The van der Waals surface area contributed by atoms with Gasteiger partial charge in [0.2, 0.25) is 0 Å². The summed E-state index contributed by atoms with van der Waals surface area (Å²) in [4.78, 5) is 23.4. The molecule has 212 valence electrons. The van der Waals surface area contributed by atoms with Gasteiger partial charge in [0, 0.05) is 12.8 Å². The van der Waals surface area contributed by atoms with Crippen molar-refractivity contribution in [2.75, 3.05) is 13.2 Å². The Kier molecular flexibility index (Phi) is 25.3. The molecule has 0 saturated carbocycles. The molecule has 2 N–H and O–H groups in total. The van der Waals surface area contributed by atoms with Gasteiger partial charge in [-0.25, -0.2) is 0 Å². The molecule has 0 aliphatic rings. The Hall–Kier alpha value is -2.18. The number of allylic oxidation sites excluding steroid dienone is 6. The molecule has 6 heteroatoms. The molecule has 6 nitrogen and oxygen atoms in total. The minimum Gasteiger partial charge on any atom is -0.463 e. The summed E-state index contributed by atoms with van der Waals surface area (Å²) in [7, 11) is 0. The van der Waals surface area contributed by atoms with Gasteiger partial charge in [0.05, 0.1) is 6.10 Å². The Bertz CT molecular complexity index is 665. The van der Waals surface area contributed by atoms with E-state index in [1.165, 1.54) is 25.7 Å². The molecule has 0 radical (unpaired) electrons. The summed E-state index contributed by atoms with van der Waals surface area (Å²) in [5.41, 5.74) is 0. The van der Waals surface area contributed by atoms with Crippen LogP contribution in [-0.2, 0) is 19.1 Å². The van der Waals surface area contributed by atoms with E-state index in [0.29, 0.717) is 19.3 Å². The zero-order chi connectivity index (χ0) is 27.4. The van der Waals surface area contributed by atoms with Crippen LogP contribution in [0.15, 0.2) is 48.6 Å². The van der Waals surface area contributed by atoms with Gasteiger partial charge in [-0.2, -0.15) is 0 Å². The summed E-state index contributed by atoms with van der Waals surface area (Å²) in [6.45, 7) is 4.02. The highest BCUT2D eigenvalue weighted by Crippen LogP contribution is 2.06. The van der Waals surface area contributed by atoms with Crippen LogP contribution in [0.5, 0.6) is 0 Å². The van der Waals surface area contributed by atoms with E-state index in [1.807, 2.05) is 36.5 Å². The van der Waals surface area contributed by atoms with Crippen molar-refractivity contribution in [3.8, 4) is 0 Å². The smallest absolute Gasteiger partial charge is 0.305 e. The fourth-order valence-corrected chi connectivity index (χ4v) is 3.39. The topological polar surface area (TPSA) is 93.1 Å². The zero-order valence-electron chi connectivity index (χ0n) is 23.3. The van der Waals surface area contributed by atoms with Crippen LogP contribution < -0.4 is 0 Å². The normalized spacial score (nSPS) is 13.7. The quantitative estimate of drug-likeness (QED) is 0.0622. The molecule has 0 aliphatic heterocycles. The number of unbranched alkanes of at least 4 members (excludes halogenated alkanes) is 8. The van der Waals surface area contributed by atoms with E-state index >= 15 is 0 Å². The van der Waals surface area contributed by atoms with E-state index in [0.717, 1.165) is 44.9 Å². The van der Waals surface area contributed by atoms with Crippen molar-refractivity contribution in [1.82, 2.24) is 0 Å².